The van der Waals surface area contributed by atoms with Gasteiger partial charge in [-0.25, -0.2) is 0 Å². The molecular formula is C16H25NO2. The summed E-state index contributed by atoms with van der Waals surface area (Å²) in [4.78, 5) is 0. The number of ether oxygens (including phenoxy) is 2. The number of methoxy groups -OCH3 is 1. The Labute approximate surface area is 116 Å². The molecule has 3 nitrogen and oxygen atoms in total. The molecule has 2 rings (SSSR count). The van der Waals surface area contributed by atoms with Gasteiger partial charge in [0.15, 0.2) is 0 Å². The Morgan fingerprint density at radius 3 is 3.00 bits per heavy atom. The molecule has 19 heavy (non-hydrogen) atoms. The lowest BCUT2D eigenvalue weighted by molar-refractivity contribution is 0.122. The molecule has 1 N–H and O–H groups in total. The molecule has 0 aromatic heterocycles. The molecule has 0 fully saturated rings. The number of rotatable bonds is 6. The van der Waals surface area contributed by atoms with Gasteiger partial charge in [0.1, 0.15) is 5.75 Å². The van der Waals surface area contributed by atoms with Crippen LogP contribution in [0.15, 0.2) is 18.2 Å². The van der Waals surface area contributed by atoms with Gasteiger partial charge in [0, 0.05) is 18.7 Å². The number of fused-ring (bicyclic) bond motifs is 1. The summed E-state index contributed by atoms with van der Waals surface area (Å²) >= 11 is 0. The Balaban J connectivity index is 2.05. The zero-order valence-electron chi connectivity index (χ0n) is 12.2. The fourth-order valence-electron chi connectivity index (χ4n) is 2.78. The highest BCUT2D eigenvalue weighted by molar-refractivity contribution is 5.39. The fourth-order valence-corrected chi connectivity index (χ4v) is 2.78. The van der Waals surface area contributed by atoms with Crippen LogP contribution in [-0.4, -0.2) is 26.4 Å². The Bertz CT molecular complexity index is 406. The van der Waals surface area contributed by atoms with Crippen molar-refractivity contribution < 1.29 is 9.47 Å². The molecule has 0 radical (unpaired) electrons. The summed E-state index contributed by atoms with van der Waals surface area (Å²) in [5.41, 5.74) is 2.85. The maximum absolute atomic E-state index is 5.48. The minimum atomic E-state index is 0.387. The van der Waals surface area contributed by atoms with Crippen LogP contribution in [0.25, 0.3) is 0 Å². The minimum absolute atomic E-state index is 0.387. The maximum atomic E-state index is 5.48. The third-order valence-electron chi connectivity index (χ3n) is 3.72. The molecule has 0 saturated carbocycles. The van der Waals surface area contributed by atoms with E-state index in [9.17, 15) is 0 Å². The summed E-state index contributed by atoms with van der Waals surface area (Å²) in [6.07, 6.45) is 3.60. The van der Waals surface area contributed by atoms with Gasteiger partial charge in [-0.3, -0.25) is 0 Å². The van der Waals surface area contributed by atoms with Crippen molar-refractivity contribution >= 4 is 0 Å². The van der Waals surface area contributed by atoms with Crippen LogP contribution < -0.4 is 10.1 Å². The molecule has 0 amide bonds. The van der Waals surface area contributed by atoms with Gasteiger partial charge in [-0.2, -0.15) is 0 Å². The van der Waals surface area contributed by atoms with E-state index >= 15 is 0 Å². The highest BCUT2D eigenvalue weighted by atomic mass is 16.5. The summed E-state index contributed by atoms with van der Waals surface area (Å²) in [7, 11) is 1.73. The molecule has 0 heterocycles. The SMILES string of the molecule is CCOCC(C)NC1CCCc2cc(OC)ccc21. The quantitative estimate of drug-likeness (QED) is 0.855. The van der Waals surface area contributed by atoms with Crippen LogP contribution in [0.4, 0.5) is 0 Å². The Morgan fingerprint density at radius 2 is 2.26 bits per heavy atom. The van der Waals surface area contributed by atoms with Crippen molar-refractivity contribution in [3.63, 3.8) is 0 Å². The van der Waals surface area contributed by atoms with Gasteiger partial charge < -0.3 is 14.8 Å². The number of aryl methyl sites for hydroxylation is 1. The van der Waals surface area contributed by atoms with Crippen molar-refractivity contribution in [1.29, 1.82) is 0 Å². The van der Waals surface area contributed by atoms with Crippen LogP contribution in [0.3, 0.4) is 0 Å². The first-order valence-corrected chi connectivity index (χ1v) is 7.25. The van der Waals surface area contributed by atoms with Crippen molar-refractivity contribution in [2.45, 2.75) is 45.2 Å². The first kappa shape index (κ1) is 14.4. The largest absolute Gasteiger partial charge is 0.497 e. The topological polar surface area (TPSA) is 30.5 Å². The first-order valence-electron chi connectivity index (χ1n) is 7.25. The zero-order valence-corrected chi connectivity index (χ0v) is 12.2. The zero-order chi connectivity index (χ0) is 13.7. The summed E-state index contributed by atoms with van der Waals surface area (Å²) in [5, 5.41) is 3.68. The van der Waals surface area contributed by atoms with Gasteiger partial charge in [-0.15, -0.1) is 0 Å². The number of hydrogen-bond acceptors (Lipinski definition) is 3. The Kier molecular flexibility index (Phi) is 5.23. The molecule has 0 aliphatic heterocycles. The second kappa shape index (κ2) is 6.92. The van der Waals surface area contributed by atoms with E-state index in [0.29, 0.717) is 12.1 Å². The van der Waals surface area contributed by atoms with Crippen LogP contribution in [0.2, 0.25) is 0 Å². The van der Waals surface area contributed by atoms with E-state index in [0.717, 1.165) is 25.4 Å². The molecule has 0 spiro atoms. The molecule has 106 valence electrons. The third kappa shape index (κ3) is 3.71. The highest BCUT2D eigenvalue weighted by Crippen LogP contribution is 2.32. The van der Waals surface area contributed by atoms with E-state index in [-0.39, 0.29) is 0 Å². The van der Waals surface area contributed by atoms with E-state index in [1.54, 1.807) is 7.11 Å². The van der Waals surface area contributed by atoms with Gasteiger partial charge in [-0.05, 0) is 56.4 Å². The lowest BCUT2D eigenvalue weighted by atomic mass is 9.87. The molecule has 1 aliphatic carbocycles. The van der Waals surface area contributed by atoms with Gasteiger partial charge >= 0.3 is 0 Å². The number of benzene rings is 1. The molecule has 1 aromatic carbocycles. The third-order valence-corrected chi connectivity index (χ3v) is 3.72. The van der Waals surface area contributed by atoms with E-state index in [4.69, 9.17) is 9.47 Å². The molecular weight excluding hydrogens is 238 g/mol. The van der Waals surface area contributed by atoms with E-state index in [1.807, 2.05) is 6.92 Å². The van der Waals surface area contributed by atoms with Crippen LogP contribution in [0, 0.1) is 0 Å². The van der Waals surface area contributed by atoms with E-state index in [1.165, 1.54) is 24.0 Å². The van der Waals surface area contributed by atoms with Crippen molar-refractivity contribution in [2.75, 3.05) is 20.3 Å². The standard InChI is InChI=1S/C16H25NO2/c1-4-19-11-12(2)17-16-7-5-6-13-10-14(18-3)8-9-15(13)16/h8-10,12,16-17H,4-7,11H2,1-3H3. The van der Waals surface area contributed by atoms with Crippen LogP contribution >= 0.6 is 0 Å². The molecule has 2 unspecified atom stereocenters. The van der Waals surface area contributed by atoms with Crippen molar-refractivity contribution in [3.05, 3.63) is 29.3 Å². The van der Waals surface area contributed by atoms with Gasteiger partial charge in [-0.1, -0.05) is 6.07 Å². The Morgan fingerprint density at radius 1 is 1.42 bits per heavy atom. The average Bonchev–Trinajstić information content (AvgIpc) is 2.44. The number of hydrogen-bond donors (Lipinski definition) is 1. The molecule has 0 saturated heterocycles. The molecule has 0 bridgehead atoms. The first-order chi connectivity index (χ1) is 9.24. The predicted octanol–water partition coefficient (Wildman–Crippen LogP) is 3.09. The molecule has 1 aliphatic rings. The fraction of sp³-hybridized carbons (Fsp3) is 0.625. The number of nitrogens with one attached hydrogen (secondary N) is 1. The lowest BCUT2D eigenvalue weighted by Crippen LogP contribution is -2.35. The van der Waals surface area contributed by atoms with E-state index < -0.39 is 0 Å². The van der Waals surface area contributed by atoms with Gasteiger partial charge in [0.2, 0.25) is 0 Å². The van der Waals surface area contributed by atoms with Crippen LogP contribution in [-0.2, 0) is 11.2 Å². The molecule has 1 aromatic rings. The van der Waals surface area contributed by atoms with Crippen LogP contribution in [0.5, 0.6) is 5.75 Å². The van der Waals surface area contributed by atoms with E-state index in [2.05, 4.69) is 30.4 Å². The van der Waals surface area contributed by atoms with Gasteiger partial charge in [0.05, 0.1) is 13.7 Å². The average molecular weight is 263 g/mol. The second-order valence-corrected chi connectivity index (χ2v) is 5.24. The normalized spacial score (nSPS) is 19.8. The second-order valence-electron chi connectivity index (χ2n) is 5.24. The summed E-state index contributed by atoms with van der Waals surface area (Å²) in [5.74, 6) is 0.960. The van der Waals surface area contributed by atoms with Crippen molar-refractivity contribution in [3.8, 4) is 5.75 Å². The minimum Gasteiger partial charge on any atom is -0.497 e. The predicted molar refractivity (Wildman–Crippen MR) is 77.8 cm³/mol. The monoisotopic (exact) mass is 263 g/mol. The highest BCUT2D eigenvalue weighted by Gasteiger charge is 2.21. The molecule has 2 atom stereocenters. The van der Waals surface area contributed by atoms with Crippen molar-refractivity contribution in [1.82, 2.24) is 5.32 Å². The maximum Gasteiger partial charge on any atom is 0.119 e. The lowest BCUT2D eigenvalue weighted by Gasteiger charge is -2.29. The molecule has 3 heteroatoms. The summed E-state index contributed by atoms with van der Waals surface area (Å²) < 4.78 is 10.8. The van der Waals surface area contributed by atoms with Gasteiger partial charge in [0.25, 0.3) is 0 Å². The van der Waals surface area contributed by atoms with Crippen molar-refractivity contribution in [2.24, 2.45) is 0 Å². The Hall–Kier alpha value is -1.06. The smallest absolute Gasteiger partial charge is 0.119 e. The summed E-state index contributed by atoms with van der Waals surface area (Å²) in [6.45, 7) is 5.78. The van der Waals surface area contributed by atoms with Crippen LogP contribution in [0.1, 0.15) is 43.9 Å². The summed E-state index contributed by atoms with van der Waals surface area (Å²) in [6, 6.07) is 7.28.